The van der Waals surface area contributed by atoms with E-state index in [9.17, 15) is 4.79 Å². The first kappa shape index (κ1) is 19.6. The lowest BCUT2D eigenvalue weighted by molar-refractivity contribution is -0.885. The first-order valence-corrected chi connectivity index (χ1v) is 9.49. The first-order valence-electron chi connectivity index (χ1n) is 9.49. The van der Waals surface area contributed by atoms with E-state index in [0.29, 0.717) is 6.54 Å². The standard InChI is InChI=1S/C24H26N2O2/c1-26(17-19-9-5-3-6-10-19)18-23(27)25-24(20-11-7-4-8-12-20)21-13-15-22(28-2)16-14-21/h3-16,24H,17-18H2,1-2H3,(H,25,27)/p+1/t24-/m0/s1. The van der Waals surface area contributed by atoms with E-state index in [1.807, 2.05) is 79.8 Å². The number of carbonyl (C=O) groups is 1. The van der Waals surface area contributed by atoms with E-state index in [2.05, 4.69) is 17.4 Å². The maximum atomic E-state index is 12.8. The molecule has 0 spiro atoms. The number of carbonyl (C=O) groups excluding carboxylic acids is 1. The predicted molar refractivity (Wildman–Crippen MR) is 111 cm³/mol. The summed E-state index contributed by atoms with van der Waals surface area (Å²) in [7, 11) is 3.69. The highest BCUT2D eigenvalue weighted by Gasteiger charge is 2.19. The van der Waals surface area contributed by atoms with Gasteiger partial charge in [0.05, 0.1) is 20.2 Å². The zero-order valence-electron chi connectivity index (χ0n) is 16.4. The maximum Gasteiger partial charge on any atom is 0.275 e. The molecule has 1 unspecified atom stereocenters. The van der Waals surface area contributed by atoms with Crippen LogP contribution in [-0.4, -0.2) is 26.6 Å². The molecular formula is C24H27N2O2+. The van der Waals surface area contributed by atoms with Gasteiger partial charge in [-0.25, -0.2) is 0 Å². The Morgan fingerprint density at radius 2 is 1.46 bits per heavy atom. The Morgan fingerprint density at radius 1 is 0.893 bits per heavy atom. The fourth-order valence-corrected chi connectivity index (χ4v) is 3.29. The molecule has 2 N–H and O–H groups in total. The van der Waals surface area contributed by atoms with E-state index in [1.165, 1.54) is 5.56 Å². The minimum Gasteiger partial charge on any atom is -0.497 e. The van der Waals surface area contributed by atoms with Gasteiger partial charge in [0, 0.05) is 5.56 Å². The van der Waals surface area contributed by atoms with Crippen molar-refractivity contribution in [3.05, 3.63) is 102 Å². The quantitative estimate of drug-likeness (QED) is 0.636. The Morgan fingerprint density at radius 3 is 2.07 bits per heavy atom. The molecular weight excluding hydrogens is 348 g/mol. The lowest BCUT2D eigenvalue weighted by Gasteiger charge is -2.21. The highest BCUT2D eigenvalue weighted by atomic mass is 16.5. The average molecular weight is 375 g/mol. The van der Waals surface area contributed by atoms with E-state index in [4.69, 9.17) is 4.74 Å². The molecule has 0 saturated carbocycles. The number of benzene rings is 3. The van der Waals surface area contributed by atoms with Gasteiger partial charge in [0.15, 0.2) is 6.54 Å². The number of quaternary nitrogens is 1. The number of hydrogen-bond donors (Lipinski definition) is 2. The molecule has 4 nitrogen and oxygen atoms in total. The number of nitrogens with one attached hydrogen (secondary N) is 2. The molecule has 0 radical (unpaired) electrons. The molecule has 0 saturated heterocycles. The zero-order valence-corrected chi connectivity index (χ0v) is 16.4. The molecule has 0 fully saturated rings. The summed E-state index contributed by atoms with van der Waals surface area (Å²) >= 11 is 0. The molecule has 0 aromatic heterocycles. The molecule has 0 aliphatic carbocycles. The third-order valence-corrected chi connectivity index (χ3v) is 4.70. The maximum absolute atomic E-state index is 12.8. The Labute approximate surface area is 166 Å². The summed E-state index contributed by atoms with van der Waals surface area (Å²) in [5.74, 6) is 0.826. The normalized spacial score (nSPS) is 12.8. The molecule has 0 bridgehead atoms. The second kappa shape index (κ2) is 9.72. The van der Waals surface area contributed by atoms with E-state index in [1.54, 1.807) is 7.11 Å². The van der Waals surface area contributed by atoms with Gasteiger partial charge >= 0.3 is 0 Å². The van der Waals surface area contributed by atoms with Crippen molar-refractivity contribution in [2.75, 3.05) is 20.7 Å². The van der Waals surface area contributed by atoms with E-state index < -0.39 is 0 Å². The van der Waals surface area contributed by atoms with Gasteiger partial charge in [0.1, 0.15) is 12.3 Å². The van der Waals surface area contributed by atoms with Crippen LogP contribution in [0.15, 0.2) is 84.9 Å². The van der Waals surface area contributed by atoms with Gasteiger partial charge in [0.2, 0.25) is 0 Å². The van der Waals surface area contributed by atoms with Gasteiger partial charge in [-0.05, 0) is 23.3 Å². The van der Waals surface area contributed by atoms with Gasteiger partial charge in [-0.3, -0.25) is 4.79 Å². The van der Waals surface area contributed by atoms with Crippen LogP contribution in [0.1, 0.15) is 22.7 Å². The van der Waals surface area contributed by atoms with Gasteiger partial charge < -0.3 is 15.0 Å². The molecule has 1 amide bonds. The van der Waals surface area contributed by atoms with Crippen LogP contribution in [-0.2, 0) is 11.3 Å². The van der Waals surface area contributed by atoms with E-state index >= 15 is 0 Å². The SMILES string of the molecule is COc1ccc([C@@H](NC(=O)C[NH+](C)Cc2ccccc2)c2ccccc2)cc1. The van der Waals surface area contributed by atoms with Crippen molar-refractivity contribution in [2.24, 2.45) is 0 Å². The summed E-state index contributed by atoms with van der Waals surface area (Å²) in [6.45, 7) is 1.22. The number of methoxy groups -OCH3 is 1. The molecule has 3 rings (SSSR count). The monoisotopic (exact) mass is 375 g/mol. The summed E-state index contributed by atoms with van der Waals surface area (Å²) in [4.78, 5) is 13.9. The Balaban J connectivity index is 1.70. The van der Waals surface area contributed by atoms with Gasteiger partial charge in [-0.15, -0.1) is 0 Å². The second-order valence-electron chi connectivity index (χ2n) is 6.98. The lowest BCUT2D eigenvalue weighted by atomic mass is 9.98. The number of likely N-dealkylation sites (N-methyl/N-ethyl adjacent to an activating group) is 1. The smallest absolute Gasteiger partial charge is 0.275 e. The second-order valence-corrected chi connectivity index (χ2v) is 6.98. The first-order chi connectivity index (χ1) is 13.7. The Hall–Kier alpha value is -3.11. The topological polar surface area (TPSA) is 42.8 Å². The number of hydrogen-bond acceptors (Lipinski definition) is 2. The minimum atomic E-state index is -0.191. The van der Waals surface area contributed by atoms with Crippen LogP contribution < -0.4 is 15.0 Å². The van der Waals surface area contributed by atoms with Crippen LogP contribution in [0.25, 0.3) is 0 Å². The van der Waals surface area contributed by atoms with Crippen molar-refractivity contribution in [1.29, 1.82) is 0 Å². The van der Waals surface area contributed by atoms with Gasteiger partial charge in [-0.1, -0.05) is 72.8 Å². The highest BCUT2D eigenvalue weighted by Crippen LogP contribution is 2.24. The predicted octanol–water partition coefficient (Wildman–Crippen LogP) is 2.62. The van der Waals surface area contributed by atoms with Crippen molar-refractivity contribution in [1.82, 2.24) is 5.32 Å². The summed E-state index contributed by atoms with van der Waals surface area (Å²) in [5, 5.41) is 3.20. The fourth-order valence-electron chi connectivity index (χ4n) is 3.29. The van der Waals surface area contributed by atoms with Crippen LogP contribution >= 0.6 is 0 Å². The van der Waals surface area contributed by atoms with Crippen molar-refractivity contribution < 1.29 is 14.4 Å². The molecule has 0 heterocycles. The lowest BCUT2D eigenvalue weighted by Crippen LogP contribution is -3.08. The van der Waals surface area contributed by atoms with Crippen molar-refractivity contribution in [3.8, 4) is 5.75 Å². The van der Waals surface area contributed by atoms with Crippen molar-refractivity contribution in [2.45, 2.75) is 12.6 Å². The van der Waals surface area contributed by atoms with Crippen LogP contribution in [0, 0.1) is 0 Å². The fraction of sp³-hybridized carbons (Fsp3) is 0.208. The molecule has 0 aliphatic heterocycles. The Bertz CT molecular complexity index is 864. The molecule has 4 heteroatoms. The molecule has 144 valence electrons. The van der Waals surface area contributed by atoms with Crippen LogP contribution in [0.2, 0.25) is 0 Å². The van der Waals surface area contributed by atoms with Crippen LogP contribution in [0.3, 0.4) is 0 Å². The number of amides is 1. The third kappa shape index (κ3) is 5.44. The van der Waals surface area contributed by atoms with Crippen molar-refractivity contribution >= 4 is 5.91 Å². The third-order valence-electron chi connectivity index (χ3n) is 4.70. The summed E-state index contributed by atoms with van der Waals surface area (Å²) in [6.07, 6.45) is 0. The molecule has 0 aliphatic rings. The van der Waals surface area contributed by atoms with Crippen molar-refractivity contribution in [3.63, 3.8) is 0 Å². The van der Waals surface area contributed by atoms with Gasteiger partial charge in [0.25, 0.3) is 5.91 Å². The Kier molecular flexibility index (Phi) is 6.82. The van der Waals surface area contributed by atoms with E-state index in [0.717, 1.165) is 28.3 Å². The summed E-state index contributed by atoms with van der Waals surface area (Å²) < 4.78 is 5.25. The van der Waals surface area contributed by atoms with E-state index in [-0.39, 0.29) is 11.9 Å². The minimum absolute atomic E-state index is 0.0260. The summed E-state index contributed by atoms with van der Waals surface area (Å²) in [6, 6.07) is 27.9. The highest BCUT2D eigenvalue weighted by molar-refractivity contribution is 5.78. The van der Waals surface area contributed by atoms with Crippen LogP contribution in [0.4, 0.5) is 0 Å². The molecule has 3 aromatic carbocycles. The molecule has 2 atom stereocenters. The zero-order chi connectivity index (χ0) is 19.8. The average Bonchev–Trinajstić information content (AvgIpc) is 2.73. The van der Waals surface area contributed by atoms with Gasteiger partial charge in [-0.2, -0.15) is 0 Å². The van der Waals surface area contributed by atoms with Crippen LogP contribution in [0.5, 0.6) is 5.75 Å². The summed E-state index contributed by atoms with van der Waals surface area (Å²) in [5.41, 5.74) is 3.31. The number of ether oxygens (including phenoxy) is 1. The number of rotatable bonds is 8. The molecule has 28 heavy (non-hydrogen) atoms. The molecule has 3 aromatic rings. The largest absolute Gasteiger partial charge is 0.497 e.